The van der Waals surface area contributed by atoms with E-state index in [1.807, 2.05) is 19.9 Å². The van der Waals surface area contributed by atoms with Crippen LogP contribution in [0.1, 0.15) is 38.7 Å². The molecule has 0 aliphatic heterocycles. The van der Waals surface area contributed by atoms with Crippen molar-refractivity contribution in [3.63, 3.8) is 0 Å². The molecule has 1 rings (SSSR count). The van der Waals surface area contributed by atoms with Crippen LogP contribution in [0.4, 0.5) is 0 Å². The molecule has 0 aliphatic carbocycles. The molecule has 3 nitrogen and oxygen atoms in total. The fourth-order valence-electron chi connectivity index (χ4n) is 1.94. The SMILES string of the molecule is CCOc1cc(Br)c(CCCCCN)cc1OCC. The molecule has 1 aromatic rings. The zero-order valence-corrected chi connectivity index (χ0v) is 13.5. The number of rotatable bonds is 9. The minimum atomic E-state index is 0.641. The largest absolute Gasteiger partial charge is 0.490 e. The third-order valence-corrected chi connectivity index (χ3v) is 3.60. The van der Waals surface area contributed by atoms with E-state index in [0.717, 1.165) is 41.8 Å². The van der Waals surface area contributed by atoms with Gasteiger partial charge in [0.2, 0.25) is 0 Å². The molecule has 0 saturated heterocycles. The van der Waals surface area contributed by atoms with Gasteiger partial charge in [0.25, 0.3) is 0 Å². The Morgan fingerprint density at radius 2 is 1.63 bits per heavy atom. The molecule has 0 radical (unpaired) electrons. The van der Waals surface area contributed by atoms with Gasteiger partial charge in [0.1, 0.15) is 0 Å². The van der Waals surface area contributed by atoms with E-state index in [4.69, 9.17) is 15.2 Å². The van der Waals surface area contributed by atoms with Crippen molar-refractivity contribution in [2.24, 2.45) is 5.73 Å². The van der Waals surface area contributed by atoms with Crippen molar-refractivity contribution in [1.29, 1.82) is 0 Å². The Balaban J connectivity index is 2.77. The lowest BCUT2D eigenvalue weighted by Gasteiger charge is -2.14. The van der Waals surface area contributed by atoms with Crippen molar-refractivity contribution in [1.82, 2.24) is 0 Å². The number of aryl methyl sites for hydroxylation is 1. The summed E-state index contributed by atoms with van der Waals surface area (Å²) in [6.07, 6.45) is 4.44. The maximum absolute atomic E-state index is 5.65. The van der Waals surface area contributed by atoms with Crippen LogP contribution in [0, 0.1) is 0 Å². The van der Waals surface area contributed by atoms with Crippen LogP contribution in [0.3, 0.4) is 0 Å². The van der Waals surface area contributed by atoms with Crippen LogP contribution in [0.5, 0.6) is 11.5 Å². The smallest absolute Gasteiger partial charge is 0.162 e. The van der Waals surface area contributed by atoms with Crippen LogP contribution < -0.4 is 15.2 Å². The normalized spacial score (nSPS) is 10.5. The standard InChI is InChI=1S/C15H24BrNO2/c1-3-18-14-10-12(8-6-5-7-9-17)13(16)11-15(14)19-4-2/h10-11H,3-9,17H2,1-2H3. The van der Waals surface area contributed by atoms with E-state index >= 15 is 0 Å². The van der Waals surface area contributed by atoms with Gasteiger partial charge >= 0.3 is 0 Å². The molecule has 0 saturated carbocycles. The molecule has 0 amide bonds. The van der Waals surface area contributed by atoms with Gasteiger partial charge in [-0.1, -0.05) is 22.4 Å². The average molecular weight is 330 g/mol. The zero-order chi connectivity index (χ0) is 14.1. The second-order valence-electron chi connectivity index (χ2n) is 4.36. The monoisotopic (exact) mass is 329 g/mol. The minimum absolute atomic E-state index is 0.641. The van der Waals surface area contributed by atoms with Gasteiger partial charge in [0.05, 0.1) is 13.2 Å². The van der Waals surface area contributed by atoms with Crippen molar-refractivity contribution in [3.8, 4) is 11.5 Å². The first-order valence-corrected chi connectivity index (χ1v) is 7.80. The molecule has 0 heterocycles. The lowest BCUT2D eigenvalue weighted by Crippen LogP contribution is -2.01. The van der Waals surface area contributed by atoms with Crippen LogP contribution in [-0.4, -0.2) is 19.8 Å². The summed E-state index contributed by atoms with van der Waals surface area (Å²) in [5.41, 5.74) is 6.78. The molecule has 19 heavy (non-hydrogen) atoms. The molecule has 4 heteroatoms. The van der Waals surface area contributed by atoms with Crippen molar-refractivity contribution in [3.05, 3.63) is 22.2 Å². The lowest BCUT2D eigenvalue weighted by atomic mass is 10.1. The molecular formula is C15H24BrNO2. The van der Waals surface area contributed by atoms with E-state index < -0.39 is 0 Å². The molecule has 0 aromatic heterocycles. The van der Waals surface area contributed by atoms with Gasteiger partial charge in [-0.2, -0.15) is 0 Å². The van der Waals surface area contributed by atoms with E-state index in [9.17, 15) is 0 Å². The Bertz CT molecular complexity index is 383. The second-order valence-corrected chi connectivity index (χ2v) is 5.21. The van der Waals surface area contributed by atoms with Crippen LogP contribution in [0.2, 0.25) is 0 Å². The Morgan fingerprint density at radius 1 is 1.00 bits per heavy atom. The van der Waals surface area contributed by atoms with Gasteiger partial charge in [0, 0.05) is 4.47 Å². The number of benzene rings is 1. The highest BCUT2D eigenvalue weighted by Gasteiger charge is 2.10. The Hall–Kier alpha value is -0.740. The second kappa shape index (κ2) is 9.21. The third kappa shape index (κ3) is 5.41. The Kier molecular flexibility index (Phi) is 7.91. The number of unbranched alkanes of at least 4 members (excludes halogenated alkanes) is 2. The van der Waals surface area contributed by atoms with E-state index in [0.29, 0.717) is 13.2 Å². The van der Waals surface area contributed by atoms with E-state index in [2.05, 4.69) is 22.0 Å². The summed E-state index contributed by atoms with van der Waals surface area (Å²) in [4.78, 5) is 0. The highest BCUT2D eigenvalue weighted by molar-refractivity contribution is 9.10. The Morgan fingerprint density at radius 3 is 2.21 bits per heavy atom. The van der Waals surface area contributed by atoms with E-state index in [-0.39, 0.29) is 0 Å². The predicted octanol–water partition coefficient (Wildman–Crippen LogP) is 3.92. The number of ether oxygens (including phenoxy) is 2. The van der Waals surface area contributed by atoms with Gasteiger partial charge in [-0.3, -0.25) is 0 Å². The van der Waals surface area contributed by atoms with Gasteiger partial charge < -0.3 is 15.2 Å². The molecule has 0 atom stereocenters. The van der Waals surface area contributed by atoms with Crippen molar-refractivity contribution in [2.45, 2.75) is 39.5 Å². The molecular weight excluding hydrogens is 306 g/mol. The van der Waals surface area contributed by atoms with Crippen LogP contribution in [-0.2, 0) is 6.42 Å². The maximum atomic E-state index is 5.65. The highest BCUT2D eigenvalue weighted by Crippen LogP contribution is 2.34. The van der Waals surface area contributed by atoms with Crippen molar-refractivity contribution >= 4 is 15.9 Å². The fraction of sp³-hybridized carbons (Fsp3) is 0.600. The third-order valence-electron chi connectivity index (χ3n) is 2.86. The van der Waals surface area contributed by atoms with Gasteiger partial charge in [0.15, 0.2) is 11.5 Å². The lowest BCUT2D eigenvalue weighted by molar-refractivity contribution is 0.287. The molecule has 0 aliphatic rings. The van der Waals surface area contributed by atoms with E-state index in [1.54, 1.807) is 0 Å². The molecule has 108 valence electrons. The molecule has 2 N–H and O–H groups in total. The first-order valence-electron chi connectivity index (χ1n) is 7.01. The summed E-state index contributed by atoms with van der Waals surface area (Å²) in [7, 11) is 0. The number of hydrogen-bond donors (Lipinski definition) is 1. The molecule has 0 fully saturated rings. The zero-order valence-electron chi connectivity index (χ0n) is 11.9. The summed E-state index contributed by atoms with van der Waals surface area (Å²) < 4.78 is 12.3. The van der Waals surface area contributed by atoms with Crippen molar-refractivity contribution in [2.75, 3.05) is 19.8 Å². The summed E-state index contributed by atoms with van der Waals surface area (Å²) in [5, 5.41) is 0. The van der Waals surface area contributed by atoms with Crippen LogP contribution in [0.25, 0.3) is 0 Å². The molecule has 1 aromatic carbocycles. The quantitative estimate of drug-likeness (QED) is 0.698. The predicted molar refractivity (Wildman–Crippen MR) is 83.1 cm³/mol. The van der Waals surface area contributed by atoms with Crippen LogP contribution in [0.15, 0.2) is 16.6 Å². The van der Waals surface area contributed by atoms with Crippen molar-refractivity contribution < 1.29 is 9.47 Å². The minimum Gasteiger partial charge on any atom is -0.490 e. The summed E-state index contributed by atoms with van der Waals surface area (Å²) in [6, 6.07) is 4.09. The summed E-state index contributed by atoms with van der Waals surface area (Å²) >= 11 is 3.61. The van der Waals surface area contributed by atoms with E-state index in [1.165, 1.54) is 12.0 Å². The number of hydrogen-bond acceptors (Lipinski definition) is 3. The highest BCUT2D eigenvalue weighted by atomic mass is 79.9. The fourth-order valence-corrected chi connectivity index (χ4v) is 2.46. The first kappa shape index (κ1) is 16.3. The van der Waals surface area contributed by atoms with Crippen LogP contribution >= 0.6 is 15.9 Å². The molecule has 0 unspecified atom stereocenters. The topological polar surface area (TPSA) is 44.5 Å². The summed E-state index contributed by atoms with van der Waals surface area (Å²) in [6.45, 7) is 6.02. The first-order chi connectivity index (χ1) is 9.22. The molecule has 0 spiro atoms. The maximum Gasteiger partial charge on any atom is 0.162 e. The summed E-state index contributed by atoms with van der Waals surface area (Å²) in [5.74, 6) is 1.64. The average Bonchev–Trinajstić information content (AvgIpc) is 2.39. The Labute approximate surface area is 124 Å². The van der Waals surface area contributed by atoms with Gasteiger partial charge in [-0.25, -0.2) is 0 Å². The van der Waals surface area contributed by atoms with Gasteiger partial charge in [-0.05, 0) is 57.4 Å². The number of halogens is 1. The number of nitrogens with two attached hydrogens (primary N) is 1. The molecule has 0 bridgehead atoms. The van der Waals surface area contributed by atoms with Gasteiger partial charge in [-0.15, -0.1) is 0 Å².